The van der Waals surface area contributed by atoms with Crippen LogP contribution in [-0.4, -0.2) is 15.0 Å². The molecule has 144 valence electrons. The van der Waals surface area contributed by atoms with Gasteiger partial charge in [-0.3, -0.25) is 0 Å². The quantitative estimate of drug-likeness (QED) is 0.419. The van der Waals surface area contributed by atoms with Gasteiger partial charge < -0.3 is 16.0 Å². The molecule has 2 aromatic carbocycles. The highest BCUT2D eigenvalue weighted by Gasteiger charge is 2.24. The largest absolute Gasteiger partial charge is 0.382 e. The third-order valence-corrected chi connectivity index (χ3v) is 5.55. The Bertz CT molecular complexity index is 1110. The van der Waals surface area contributed by atoms with E-state index >= 15 is 0 Å². The smallest absolute Gasteiger partial charge is 0.151 e. The lowest BCUT2D eigenvalue weighted by molar-refractivity contribution is 0.488. The average molecular weight is 374 g/mol. The van der Waals surface area contributed by atoms with Crippen LogP contribution >= 0.6 is 0 Å². The summed E-state index contributed by atoms with van der Waals surface area (Å²) in [5.74, 6) is 2.38. The molecule has 0 aliphatic carbocycles. The maximum Gasteiger partial charge on any atom is 0.151 e. The first-order valence-corrected chi connectivity index (χ1v) is 9.92. The van der Waals surface area contributed by atoms with E-state index in [2.05, 4.69) is 83.5 Å². The molecule has 2 aromatic heterocycles. The number of nitrogens with one attached hydrogen (secondary N) is 2. The number of benzene rings is 2. The summed E-state index contributed by atoms with van der Waals surface area (Å²) in [5.41, 5.74) is 10.3. The number of anilines is 2. The number of hydrogen-bond donors (Lipinski definition) is 3. The fraction of sp³-hybridized carbons (Fsp3) is 0.304. The van der Waals surface area contributed by atoms with Crippen molar-refractivity contribution in [3.63, 3.8) is 0 Å². The zero-order valence-electron chi connectivity index (χ0n) is 16.7. The number of nitrogen functional groups attached to an aromatic ring is 1. The Morgan fingerprint density at radius 1 is 1.07 bits per heavy atom. The summed E-state index contributed by atoms with van der Waals surface area (Å²) in [6, 6.07) is 15.0. The molecule has 5 nitrogen and oxygen atoms in total. The van der Waals surface area contributed by atoms with Gasteiger partial charge in [-0.25, -0.2) is 9.97 Å². The monoisotopic (exact) mass is 373 g/mol. The van der Waals surface area contributed by atoms with Gasteiger partial charge in [0, 0.05) is 12.1 Å². The first-order chi connectivity index (χ1) is 13.6. The molecule has 0 aliphatic heterocycles. The lowest BCUT2D eigenvalue weighted by Gasteiger charge is -2.20. The highest BCUT2D eigenvalue weighted by molar-refractivity contribution is 5.92. The number of rotatable bonds is 6. The normalized spacial score (nSPS) is 12.7. The molecule has 0 amide bonds. The molecule has 5 heteroatoms. The number of nitrogens with two attached hydrogens (primary N) is 1. The van der Waals surface area contributed by atoms with Crippen molar-refractivity contribution in [1.29, 1.82) is 0 Å². The summed E-state index contributed by atoms with van der Waals surface area (Å²) < 4.78 is 0. The van der Waals surface area contributed by atoms with Crippen molar-refractivity contribution in [1.82, 2.24) is 15.0 Å². The van der Waals surface area contributed by atoms with E-state index in [0.29, 0.717) is 17.7 Å². The van der Waals surface area contributed by atoms with Crippen LogP contribution in [0.5, 0.6) is 0 Å². The van der Waals surface area contributed by atoms with Crippen LogP contribution in [0.2, 0.25) is 0 Å². The van der Waals surface area contributed by atoms with E-state index < -0.39 is 0 Å². The number of aromatic amines is 1. The lowest BCUT2D eigenvalue weighted by atomic mass is 9.86. The molecule has 28 heavy (non-hydrogen) atoms. The number of aromatic nitrogens is 3. The van der Waals surface area contributed by atoms with Crippen molar-refractivity contribution in [2.75, 3.05) is 11.1 Å². The molecule has 0 spiro atoms. The summed E-state index contributed by atoms with van der Waals surface area (Å²) in [7, 11) is 0. The highest BCUT2D eigenvalue weighted by Crippen LogP contribution is 2.38. The van der Waals surface area contributed by atoms with Gasteiger partial charge in [0.1, 0.15) is 17.7 Å². The van der Waals surface area contributed by atoms with Crippen LogP contribution in [0.15, 0.2) is 48.8 Å². The summed E-state index contributed by atoms with van der Waals surface area (Å²) in [5, 5.41) is 6.11. The zero-order chi connectivity index (χ0) is 19.7. The van der Waals surface area contributed by atoms with Crippen molar-refractivity contribution in [3.8, 4) is 0 Å². The molecule has 0 aliphatic rings. The first-order valence-electron chi connectivity index (χ1n) is 9.92. The van der Waals surface area contributed by atoms with Crippen molar-refractivity contribution in [2.24, 2.45) is 5.92 Å². The molecular formula is C23H27N5. The maximum absolute atomic E-state index is 6.12. The van der Waals surface area contributed by atoms with Crippen molar-refractivity contribution in [3.05, 3.63) is 59.9 Å². The van der Waals surface area contributed by atoms with Crippen LogP contribution < -0.4 is 11.1 Å². The highest BCUT2D eigenvalue weighted by atomic mass is 15.0. The van der Waals surface area contributed by atoms with Crippen LogP contribution in [0, 0.1) is 5.92 Å². The predicted octanol–water partition coefficient (Wildman–Crippen LogP) is 5.46. The molecular weight excluding hydrogens is 346 g/mol. The van der Waals surface area contributed by atoms with Crippen molar-refractivity contribution >= 4 is 33.4 Å². The van der Waals surface area contributed by atoms with E-state index in [1.54, 1.807) is 6.33 Å². The third kappa shape index (κ3) is 3.28. The Balaban J connectivity index is 1.71. The molecule has 0 fully saturated rings. The number of nitrogens with zero attached hydrogens (tertiary/aromatic N) is 2. The van der Waals surface area contributed by atoms with E-state index in [1.165, 1.54) is 21.9 Å². The van der Waals surface area contributed by atoms with Crippen LogP contribution in [0.25, 0.3) is 21.8 Å². The van der Waals surface area contributed by atoms with Gasteiger partial charge in [-0.15, -0.1) is 0 Å². The fourth-order valence-corrected chi connectivity index (χ4v) is 4.09. The molecule has 4 N–H and O–H groups in total. The second-order valence-electron chi connectivity index (χ2n) is 7.69. The molecule has 4 rings (SSSR count). The molecule has 2 heterocycles. The van der Waals surface area contributed by atoms with Crippen LogP contribution in [0.1, 0.15) is 44.2 Å². The van der Waals surface area contributed by atoms with E-state index in [0.717, 1.165) is 29.8 Å². The standard InChI is InChI=1S/C23H27N5/c1-4-18(14(2)3)19-20-21(22(24)27-13-26-20)28-23(19)25-12-15-9-10-16-7-5-6-8-17(16)11-15/h5-11,13-14,18,25,28H,4,12H2,1-3H3,(H2,24,26,27). The van der Waals surface area contributed by atoms with Gasteiger partial charge in [-0.2, -0.15) is 0 Å². The number of fused-ring (bicyclic) bond motifs is 2. The Kier molecular flexibility index (Phi) is 4.90. The third-order valence-electron chi connectivity index (χ3n) is 5.55. The lowest BCUT2D eigenvalue weighted by Crippen LogP contribution is -2.09. The molecule has 0 saturated carbocycles. The number of hydrogen-bond acceptors (Lipinski definition) is 4. The molecule has 0 radical (unpaired) electrons. The summed E-state index contributed by atoms with van der Waals surface area (Å²) in [6.07, 6.45) is 2.59. The Hall–Kier alpha value is -3.08. The topological polar surface area (TPSA) is 79.6 Å². The molecule has 4 aromatic rings. The minimum absolute atomic E-state index is 0.391. The minimum Gasteiger partial charge on any atom is -0.382 e. The van der Waals surface area contributed by atoms with Gasteiger partial charge in [-0.05, 0) is 40.7 Å². The summed E-state index contributed by atoms with van der Waals surface area (Å²) in [6.45, 7) is 7.46. The second kappa shape index (κ2) is 7.50. The second-order valence-corrected chi connectivity index (χ2v) is 7.69. The molecule has 0 saturated heterocycles. The first kappa shape index (κ1) is 18.3. The Morgan fingerprint density at radius 3 is 2.61 bits per heavy atom. The van der Waals surface area contributed by atoms with E-state index in [4.69, 9.17) is 5.73 Å². The molecule has 1 atom stereocenters. The maximum atomic E-state index is 6.12. The van der Waals surface area contributed by atoms with Gasteiger partial charge in [0.15, 0.2) is 5.82 Å². The van der Waals surface area contributed by atoms with Crippen LogP contribution in [-0.2, 0) is 6.54 Å². The van der Waals surface area contributed by atoms with E-state index in [9.17, 15) is 0 Å². The van der Waals surface area contributed by atoms with Crippen LogP contribution in [0.3, 0.4) is 0 Å². The average Bonchev–Trinajstić information content (AvgIpc) is 3.06. The fourth-order valence-electron chi connectivity index (χ4n) is 4.09. The van der Waals surface area contributed by atoms with Gasteiger partial charge in [0.05, 0.1) is 5.52 Å². The predicted molar refractivity (Wildman–Crippen MR) is 117 cm³/mol. The molecule has 1 unspecified atom stereocenters. The van der Waals surface area contributed by atoms with Gasteiger partial charge in [-0.1, -0.05) is 57.2 Å². The van der Waals surface area contributed by atoms with Crippen molar-refractivity contribution in [2.45, 2.75) is 39.7 Å². The zero-order valence-corrected chi connectivity index (χ0v) is 16.7. The molecule has 0 bridgehead atoms. The summed E-state index contributed by atoms with van der Waals surface area (Å²) in [4.78, 5) is 12.1. The van der Waals surface area contributed by atoms with Gasteiger partial charge >= 0.3 is 0 Å². The number of H-pyrrole nitrogens is 1. The Labute approximate surface area is 165 Å². The van der Waals surface area contributed by atoms with Gasteiger partial charge in [0.25, 0.3) is 0 Å². The van der Waals surface area contributed by atoms with E-state index in [-0.39, 0.29) is 0 Å². The van der Waals surface area contributed by atoms with Crippen LogP contribution in [0.4, 0.5) is 11.6 Å². The van der Waals surface area contributed by atoms with Crippen molar-refractivity contribution < 1.29 is 0 Å². The van der Waals surface area contributed by atoms with Gasteiger partial charge in [0.2, 0.25) is 0 Å². The SMILES string of the molecule is CCC(c1c(NCc2ccc3ccccc3c2)[nH]c2c(N)ncnc12)C(C)C. The van der Waals surface area contributed by atoms with E-state index in [1.807, 2.05) is 0 Å². The minimum atomic E-state index is 0.391. The Morgan fingerprint density at radius 2 is 1.86 bits per heavy atom. The summed E-state index contributed by atoms with van der Waals surface area (Å²) >= 11 is 0.